The second kappa shape index (κ2) is 8.43. The number of hydrazine groups is 1. The van der Waals surface area contributed by atoms with E-state index in [1.165, 1.54) is 19.3 Å². The minimum Gasteiger partial charge on any atom is -0.273 e. The number of benzene rings is 1. The molecule has 0 bridgehead atoms. The van der Waals surface area contributed by atoms with E-state index in [1.807, 2.05) is 24.4 Å². The fourth-order valence-corrected chi connectivity index (χ4v) is 3.92. The van der Waals surface area contributed by atoms with Crippen LogP contribution in [0.25, 0.3) is 10.9 Å². The number of nitrogens with zero attached hydrogens (tertiary/aromatic N) is 3. The van der Waals surface area contributed by atoms with E-state index in [4.69, 9.17) is 0 Å². The van der Waals surface area contributed by atoms with E-state index in [9.17, 15) is 4.79 Å². The van der Waals surface area contributed by atoms with Crippen LogP contribution in [0.2, 0.25) is 0 Å². The zero-order valence-corrected chi connectivity index (χ0v) is 15.4. The molecule has 4 heteroatoms. The van der Waals surface area contributed by atoms with Gasteiger partial charge in [-0.1, -0.05) is 51.3 Å². The third kappa shape index (κ3) is 4.18. The lowest BCUT2D eigenvalue weighted by molar-refractivity contribution is -0.155. The van der Waals surface area contributed by atoms with E-state index >= 15 is 0 Å². The normalized spacial score (nSPS) is 15.6. The number of fused-ring (bicyclic) bond motifs is 1. The lowest BCUT2D eigenvalue weighted by atomic mass is 9.94. The summed E-state index contributed by atoms with van der Waals surface area (Å²) in [7, 11) is 0. The van der Waals surface area contributed by atoms with Gasteiger partial charge in [0.05, 0.1) is 11.9 Å². The fraction of sp³-hybridized carbons (Fsp3) is 0.524. The Hall–Kier alpha value is -1.94. The summed E-state index contributed by atoms with van der Waals surface area (Å²) in [5, 5.41) is 5.36. The lowest BCUT2D eigenvalue weighted by Gasteiger charge is -2.41. The number of aromatic nitrogens is 1. The van der Waals surface area contributed by atoms with Gasteiger partial charge in [0, 0.05) is 30.7 Å². The molecule has 1 heterocycles. The van der Waals surface area contributed by atoms with Crippen molar-refractivity contribution in [1.29, 1.82) is 0 Å². The van der Waals surface area contributed by atoms with Gasteiger partial charge >= 0.3 is 0 Å². The Bertz CT molecular complexity index is 705. The fourth-order valence-electron chi connectivity index (χ4n) is 3.92. The number of para-hydroxylation sites is 1. The van der Waals surface area contributed by atoms with Gasteiger partial charge in [-0.05, 0) is 30.5 Å². The molecule has 1 aliphatic carbocycles. The van der Waals surface area contributed by atoms with Gasteiger partial charge in [0.1, 0.15) is 0 Å². The molecule has 0 spiro atoms. The molecule has 3 rings (SSSR count). The first kappa shape index (κ1) is 17.9. The van der Waals surface area contributed by atoms with Crippen LogP contribution in [0.15, 0.2) is 36.5 Å². The number of rotatable bonds is 6. The van der Waals surface area contributed by atoms with E-state index in [-0.39, 0.29) is 5.91 Å². The number of amides is 1. The molecule has 0 atom stereocenters. The van der Waals surface area contributed by atoms with Crippen molar-refractivity contribution >= 4 is 16.8 Å². The molecule has 0 unspecified atom stereocenters. The monoisotopic (exact) mass is 339 g/mol. The summed E-state index contributed by atoms with van der Waals surface area (Å²) in [5.41, 5.74) is 1.98. The highest BCUT2D eigenvalue weighted by Crippen LogP contribution is 2.25. The molecule has 2 aromatic rings. The summed E-state index contributed by atoms with van der Waals surface area (Å²) in [6.07, 6.45) is 8.27. The zero-order valence-electron chi connectivity index (χ0n) is 15.4. The van der Waals surface area contributed by atoms with Crippen molar-refractivity contribution < 1.29 is 4.79 Å². The maximum Gasteiger partial charge on any atom is 0.241 e. The van der Waals surface area contributed by atoms with Crippen molar-refractivity contribution in [2.45, 2.75) is 58.4 Å². The van der Waals surface area contributed by atoms with Gasteiger partial charge < -0.3 is 0 Å². The number of carbonyl (C=O) groups excluding carboxylic acids is 1. The average Bonchev–Trinajstić information content (AvgIpc) is 2.66. The maximum absolute atomic E-state index is 13.2. The third-order valence-electron chi connectivity index (χ3n) is 5.21. The van der Waals surface area contributed by atoms with Gasteiger partial charge in [-0.15, -0.1) is 0 Å². The van der Waals surface area contributed by atoms with Crippen molar-refractivity contribution in [2.24, 2.45) is 0 Å². The van der Waals surface area contributed by atoms with Crippen LogP contribution in [0.5, 0.6) is 0 Å². The first-order chi connectivity index (χ1) is 12.2. The summed E-state index contributed by atoms with van der Waals surface area (Å²) in [5.74, 6) is 0.202. The molecular formula is C21H29N3O. The average molecular weight is 339 g/mol. The molecule has 4 nitrogen and oxygen atoms in total. The summed E-state index contributed by atoms with van der Waals surface area (Å²) in [6.45, 7) is 6.00. The Balaban J connectivity index is 1.80. The Kier molecular flexibility index (Phi) is 6.03. The van der Waals surface area contributed by atoms with E-state index in [0.717, 1.165) is 42.4 Å². The molecule has 1 fully saturated rings. The maximum atomic E-state index is 13.2. The largest absolute Gasteiger partial charge is 0.273 e. The van der Waals surface area contributed by atoms with Crippen LogP contribution in [0, 0.1) is 0 Å². The van der Waals surface area contributed by atoms with Crippen LogP contribution in [0.4, 0.5) is 0 Å². The second-order valence-electron chi connectivity index (χ2n) is 6.88. The van der Waals surface area contributed by atoms with Gasteiger partial charge in [0.2, 0.25) is 5.91 Å². The van der Waals surface area contributed by atoms with Crippen molar-refractivity contribution in [2.75, 3.05) is 13.1 Å². The highest BCUT2D eigenvalue weighted by atomic mass is 16.2. The van der Waals surface area contributed by atoms with Crippen LogP contribution < -0.4 is 0 Å². The van der Waals surface area contributed by atoms with Crippen molar-refractivity contribution in [3.8, 4) is 0 Å². The minimum absolute atomic E-state index is 0.202. The van der Waals surface area contributed by atoms with Crippen molar-refractivity contribution in [3.63, 3.8) is 0 Å². The highest BCUT2D eigenvalue weighted by molar-refractivity contribution is 5.82. The van der Waals surface area contributed by atoms with Crippen LogP contribution >= 0.6 is 0 Å². The minimum atomic E-state index is 0.202. The van der Waals surface area contributed by atoms with E-state index in [2.05, 4.69) is 41.0 Å². The predicted octanol–water partition coefficient (Wildman–Crippen LogP) is 4.20. The summed E-state index contributed by atoms with van der Waals surface area (Å²) in [6, 6.07) is 10.5. The molecule has 0 N–H and O–H groups in total. The third-order valence-corrected chi connectivity index (χ3v) is 5.21. The molecule has 0 aliphatic heterocycles. The zero-order chi connectivity index (χ0) is 17.6. The smallest absolute Gasteiger partial charge is 0.241 e. The summed E-state index contributed by atoms with van der Waals surface area (Å²) in [4.78, 5) is 17.7. The molecular weight excluding hydrogens is 310 g/mol. The van der Waals surface area contributed by atoms with Gasteiger partial charge in [-0.3, -0.25) is 14.8 Å². The highest BCUT2D eigenvalue weighted by Gasteiger charge is 2.29. The standard InChI is InChI=1S/C21H29N3O/c1-3-23(4-2)24(19-11-6-5-7-12-19)21(25)15-17-14-18-10-8-9-13-20(18)22-16-17/h8-10,13-14,16,19H,3-7,11-12,15H2,1-2H3. The number of hydrogen-bond donors (Lipinski definition) is 0. The van der Waals surface area contributed by atoms with E-state index < -0.39 is 0 Å². The quantitative estimate of drug-likeness (QED) is 0.740. The van der Waals surface area contributed by atoms with Crippen LogP contribution in [0.3, 0.4) is 0 Å². The summed E-state index contributed by atoms with van der Waals surface area (Å²) >= 11 is 0. The molecule has 1 aliphatic rings. The molecule has 134 valence electrons. The van der Waals surface area contributed by atoms with Crippen LogP contribution in [0.1, 0.15) is 51.5 Å². The molecule has 1 saturated carbocycles. The number of carbonyl (C=O) groups is 1. The van der Waals surface area contributed by atoms with Gasteiger partial charge in [0.25, 0.3) is 0 Å². The topological polar surface area (TPSA) is 36.4 Å². The van der Waals surface area contributed by atoms with Gasteiger partial charge in [-0.25, -0.2) is 5.01 Å². The molecule has 1 aromatic carbocycles. The Morgan fingerprint density at radius 3 is 2.56 bits per heavy atom. The SMILES string of the molecule is CCN(CC)N(C(=O)Cc1cnc2ccccc2c1)C1CCCCC1. The summed E-state index contributed by atoms with van der Waals surface area (Å²) < 4.78 is 0. The molecule has 25 heavy (non-hydrogen) atoms. The second-order valence-corrected chi connectivity index (χ2v) is 6.88. The van der Waals surface area contributed by atoms with E-state index in [1.54, 1.807) is 0 Å². The first-order valence-electron chi connectivity index (χ1n) is 9.63. The van der Waals surface area contributed by atoms with Crippen LogP contribution in [-0.2, 0) is 11.2 Å². The molecule has 0 saturated heterocycles. The Morgan fingerprint density at radius 1 is 1.12 bits per heavy atom. The lowest BCUT2D eigenvalue weighted by Crippen LogP contribution is -2.53. The first-order valence-corrected chi connectivity index (χ1v) is 9.63. The Labute approximate surface area is 150 Å². The van der Waals surface area contributed by atoms with Crippen molar-refractivity contribution in [3.05, 3.63) is 42.1 Å². The van der Waals surface area contributed by atoms with Gasteiger partial charge in [-0.2, -0.15) is 0 Å². The number of pyridine rings is 1. The molecule has 1 aromatic heterocycles. The van der Waals surface area contributed by atoms with Gasteiger partial charge in [0.15, 0.2) is 0 Å². The van der Waals surface area contributed by atoms with E-state index in [0.29, 0.717) is 12.5 Å². The van der Waals surface area contributed by atoms with Crippen LogP contribution in [-0.4, -0.2) is 40.0 Å². The van der Waals surface area contributed by atoms with Crippen molar-refractivity contribution in [1.82, 2.24) is 15.0 Å². The number of hydrogen-bond acceptors (Lipinski definition) is 3. The predicted molar refractivity (Wildman–Crippen MR) is 102 cm³/mol. The Morgan fingerprint density at radius 2 is 1.84 bits per heavy atom. The molecule has 0 radical (unpaired) electrons. The molecule has 1 amide bonds.